The molecule has 0 aromatic carbocycles. The molecule has 70 valence electrons. The van der Waals surface area contributed by atoms with Gasteiger partial charge >= 0.3 is 0 Å². The molecule has 1 amide bonds. The van der Waals surface area contributed by atoms with E-state index in [1.54, 1.807) is 4.90 Å². The van der Waals surface area contributed by atoms with Crippen LogP contribution < -0.4 is 0 Å². The van der Waals surface area contributed by atoms with E-state index in [1.165, 1.54) is 19.3 Å². The summed E-state index contributed by atoms with van der Waals surface area (Å²) in [6, 6.07) is 0. The minimum atomic E-state index is 0.300. The lowest BCUT2D eigenvalue weighted by atomic mass is 9.80. The van der Waals surface area contributed by atoms with Crippen LogP contribution in [0.4, 0.5) is 0 Å². The monoisotopic (exact) mass is 169 g/mol. The molecule has 2 nitrogen and oxygen atoms in total. The molecule has 2 heteroatoms. The molecule has 2 atom stereocenters. The molecule has 12 heavy (non-hydrogen) atoms. The molecule has 0 bridgehead atoms. The Hall–Kier alpha value is -0.530. The van der Waals surface area contributed by atoms with Crippen LogP contribution in [-0.2, 0) is 4.79 Å². The predicted octanol–water partition coefficient (Wildman–Crippen LogP) is 1.90. The number of hydrogen-bond acceptors (Lipinski definition) is 1. The van der Waals surface area contributed by atoms with Crippen molar-refractivity contribution in [2.75, 3.05) is 14.1 Å². The summed E-state index contributed by atoms with van der Waals surface area (Å²) in [5.74, 6) is 1.21. The first kappa shape index (κ1) is 9.56. The molecule has 1 rings (SSSR count). The molecule has 0 spiro atoms. The Morgan fingerprint density at radius 3 is 2.33 bits per heavy atom. The molecule has 0 heterocycles. The highest BCUT2D eigenvalue weighted by Gasteiger charge is 2.28. The van der Waals surface area contributed by atoms with E-state index in [0.29, 0.717) is 17.7 Å². The number of carbonyl (C=O) groups is 1. The number of rotatable bonds is 1. The summed E-state index contributed by atoms with van der Waals surface area (Å²) >= 11 is 0. The van der Waals surface area contributed by atoms with Crippen molar-refractivity contribution in [1.82, 2.24) is 4.90 Å². The first-order valence-electron chi connectivity index (χ1n) is 4.84. The number of amides is 1. The SMILES string of the molecule is CC1CCCCC1C(=O)N(C)C. The fourth-order valence-electron chi connectivity index (χ4n) is 2.01. The van der Waals surface area contributed by atoms with Crippen LogP contribution in [0.5, 0.6) is 0 Å². The molecule has 0 aromatic rings. The lowest BCUT2D eigenvalue weighted by Gasteiger charge is -2.29. The lowest BCUT2D eigenvalue weighted by Crippen LogP contribution is -2.34. The highest BCUT2D eigenvalue weighted by molar-refractivity contribution is 5.78. The fraction of sp³-hybridized carbons (Fsp3) is 0.900. The molecular weight excluding hydrogens is 150 g/mol. The van der Waals surface area contributed by atoms with Crippen LogP contribution in [0.2, 0.25) is 0 Å². The molecule has 1 fully saturated rings. The van der Waals surface area contributed by atoms with Gasteiger partial charge in [-0.1, -0.05) is 19.8 Å². The van der Waals surface area contributed by atoms with Crippen molar-refractivity contribution >= 4 is 5.91 Å². The fourth-order valence-corrected chi connectivity index (χ4v) is 2.01. The summed E-state index contributed by atoms with van der Waals surface area (Å²) in [6.07, 6.45) is 4.86. The normalized spacial score (nSPS) is 29.9. The molecule has 0 aromatic heterocycles. The second-order valence-electron chi connectivity index (χ2n) is 4.10. The van der Waals surface area contributed by atoms with Gasteiger partial charge in [0.2, 0.25) is 5.91 Å². The molecule has 0 N–H and O–H groups in total. The Bertz CT molecular complexity index is 165. The van der Waals surface area contributed by atoms with Crippen LogP contribution in [0.1, 0.15) is 32.6 Å². The molecule has 1 aliphatic carbocycles. The van der Waals surface area contributed by atoms with E-state index in [-0.39, 0.29) is 0 Å². The van der Waals surface area contributed by atoms with Gasteiger partial charge in [0.05, 0.1) is 0 Å². The molecule has 2 unspecified atom stereocenters. The average molecular weight is 169 g/mol. The van der Waals surface area contributed by atoms with Gasteiger partial charge in [0, 0.05) is 20.0 Å². The second-order valence-corrected chi connectivity index (χ2v) is 4.10. The van der Waals surface area contributed by atoms with Crippen molar-refractivity contribution in [1.29, 1.82) is 0 Å². The van der Waals surface area contributed by atoms with Crippen LogP contribution in [0.15, 0.2) is 0 Å². The maximum Gasteiger partial charge on any atom is 0.225 e. The van der Waals surface area contributed by atoms with Crippen molar-refractivity contribution in [3.63, 3.8) is 0 Å². The molecule has 0 radical (unpaired) electrons. The van der Waals surface area contributed by atoms with Crippen molar-refractivity contribution in [3.05, 3.63) is 0 Å². The van der Waals surface area contributed by atoms with Gasteiger partial charge in [-0.15, -0.1) is 0 Å². The van der Waals surface area contributed by atoms with E-state index in [0.717, 1.165) is 6.42 Å². The zero-order valence-corrected chi connectivity index (χ0v) is 8.34. The summed E-state index contributed by atoms with van der Waals surface area (Å²) in [5.41, 5.74) is 0. The maximum atomic E-state index is 11.6. The molecular formula is C10H19NO. The first-order valence-corrected chi connectivity index (χ1v) is 4.84. The molecule has 0 aliphatic heterocycles. The summed E-state index contributed by atoms with van der Waals surface area (Å²) in [4.78, 5) is 13.4. The summed E-state index contributed by atoms with van der Waals surface area (Å²) in [5, 5.41) is 0. The highest BCUT2D eigenvalue weighted by atomic mass is 16.2. The van der Waals surface area contributed by atoms with Gasteiger partial charge in [-0.2, -0.15) is 0 Å². The Kier molecular flexibility index (Phi) is 3.12. The highest BCUT2D eigenvalue weighted by Crippen LogP contribution is 2.30. The minimum absolute atomic E-state index is 0.300. The quantitative estimate of drug-likeness (QED) is 0.587. The lowest BCUT2D eigenvalue weighted by molar-refractivity contribution is -0.135. The summed E-state index contributed by atoms with van der Waals surface area (Å²) < 4.78 is 0. The maximum absolute atomic E-state index is 11.6. The third-order valence-electron chi connectivity index (χ3n) is 2.87. The van der Waals surface area contributed by atoms with Gasteiger partial charge in [-0.25, -0.2) is 0 Å². The van der Waals surface area contributed by atoms with Gasteiger partial charge in [-0.05, 0) is 18.8 Å². The Morgan fingerprint density at radius 2 is 1.83 bits per heavy atom. The van der Waals surface area contributed by atoms with E-state index >= 15 is 0 Å². The van der Waals surface area contributed by atoms with Crippen molar-refractivity contribution in [2.24, 2.45) is 11.8 Å². The number of nitrogens with zero attached hydrogens (tertiary/aromatic N) is 1. The molecule has 1 saturated carbocycles. The zero-order chi connectivity index (χ0) is 9.14. The summed E-state index contributed by atoms with van der Waals surface area (Å²) in [7, 11) is 3.70. The van der Waals surface area contributed by atoms with Crippen molar-refractivity contribution < 1.29 is 4.79 Å². The van der Waals surface area contributed by atoms with E-state index < -0.39 is 0 Å². The molecule has 1 aliphatic rings. The standard InChI is InChI=1S/C10H19NO/c1-8-6-4-5-7-9(8)10(12)11(2)3/h8-9H,4-7H2,1-3H3. The van der Waals surface area contributed by atoms with Gasteiger partial charge < -0.3 is 4.90 Å². The predicted molar refractivity (Wildman–Crippen MR) is 49.8 cm³/mol. The van der Waals surface area contributed by atoms with Gasteiger partial charge in [0.25, 0.3) is 0 Å². The van der Waals surface area contributed by atoms with Gasteiger partial charge in [-0.3, -0.25) is 4.79 Å². The largest absolute Gasteiger partial charge is 0.349 e. The Balaban J connectivity index is 2.53. The van der Waals surface area contributed by atoms with Crippen LogP contribution in [0, 0.1) is 11.8 Å². The van der Waals surface area contributed by atoms with Crippen LogP contribution in [0.3, 0.4) is 0 Å². The third kappa shape index (κ3) is 1.99. The minimum Gasteiger partial charge on any atom is -0.349 e. The van der Waals surface area contributed by atoms with Crippen LogP contribution >= 0.6 is 0 Å². The van der Waals surface area contributed by atoms with Gasteiger partial charge in [0.15, 0.2) is 0 Å². The second kappa shape index (κ2) is 3.92. The molecule has 0 saturated heterocycles. The smallest absolute Gasteiger partial charge is 0.225 e. The Labute approximate surface area is 74.9 Å². The van der Waals surface area contributed by atoms with E-state index in [4.69, 9.17) is 0 Å². The average Bonchev–Trinajstić information content (AvgIpc) is 2.04. The van der Waals surface area contributed by atoms with E-state index in [9.17, 15) is 4.79 Å². The van der Waals surface area contributed by atoms with E-state index in [2.05, 4.69) is 6.92 Å². The Morgan fingerprint density at radius 1 is 1.25 bits per heavy atom. The first-order chi connectivity index (χ1) is 5.63. The van der Waals surface area contributed by atoms with Crippen molar-refractivity contribution in [3.8, 4) is 0 Å². The zero-order valence-electron chi connectivity index (χ0n) is 8.34. The summed E-state index contributed by atoms with van der Waals surface area (Å²) in [6.45, 7) is 2.20. The number of carbonyl (C=O) groups excluding carboxylic acids is 1. The topological polar surface area (TPSA) is 20.3 Å². The van der Waals surface area contributed by atoms with Crippen LogP contribution in [-0.4, -0.2) is 24.9 Å². The van der Waals surface area contributed by atoms with Crippen molar-refractivity contribution in [2.45, 2.75) is 32.6 Å². The third-order valence-corrected chi connectivity index (χ3v) is 2.87. The van der Waals surface area contributed by atoms with Crippen LogP contribution in [0.25, 0.3) is 0 Å². The van der Waals surface area contributed by atoms with E-state index in [1.807, 2.05) is 14.1 Å². The number of hydrogen-bond donors (Lipinski definition) is 0. The van der Waals surface area contributed by atoms with Gasteiger partial charge in [0.1, 0.15) is 0 Å².